The zero-order chi connectivity index (χ0) is 21.1. The van der Waals surface area contributed by atoms with Crippen LogP contribution in [0.5, 0.6) is 5.75 Å². The summed E-state index contributed by atoms with van der Waals surface area (Å²) in [5.74, 6) is 0.322. The van der Waals surface area contributed by atoms with E-state index < -0.39 is 10.8 Å². The summed E-state index contributed by atoms with van der Waals surface area (Å²) in [5, 5.41) is 14.8. The molecule has 0 bridgehead atoms. The first-order valence-corrected chi connectivity index (χ1v) is 10.7. The van der Waals surface area contributed by atoms with Crippen LogP contribution in [0.1, 0.15) is 36.5 Å². The molecule has 30 heavy (non-hydrogen) atoms. The Hall–Kier alpha value is -3.20. The third-order valence-electron chi connectivity index (χ3n) is 5.02. The number of rotatable bonds is 6. The topological polar surface area (TPSA) is 97.6 Å². The Morgan fingerprint density at radius 1 is 1.23 bits per heavy atom. The first kappa shape index (κ1) is 20.1. The molecule has 4 rings (SSSR count). The molecule has 2 aromatic carbocycles. The van der Waals surface area contributed by atoms with Crippen LogP contribution in [0.15, 0.2) is 36.4 Å². The van der Waals surface area contributed by atoms with Gasteiger partial charge in [0.1, 0.15) is 11.4 Å². The van der Waals surface area contributed by atoms with E-state index in [-0.39, 0.29) is 11.3 Å². The first-order valence-electron chi connectivity index (χ1n) is 9.93. The molecule has 0 unspecified atom stereocenters. The number of ether oxygens (including phenoxy) is 1. The summed E-state index contributed by atoms with van der Waals surface area (Å²) in [6.07, 6.45) is 3.17. The predicted molar refractivity (Wildman–Crippen MR) is 118 cm³/mol. The average Bonchev–Trinajstić information content (AvgIpc) is 3.15. The van der Waals surface area contributed by atoms with E-state index in [1.807, 2.05) is 30.0 Å². The Balaban J connectivity index is 1.56. The zero-order valence-electron chi connectivity index (χ0n) is 16.6. The van der Waals surface area contributed by atoms with Crippen LogP contribution in [0.25, 0.3) is 10.2 Å². The molecule has 0 radical (unpaired) electrons. The molecule has 0 spiro atoms. The van der Waals surface area contributed by atoms with E-state index >= 15 is 0 Å². The highest BCUT2D eigenvalue weighted by atomic mass is 32.1. The molecule has 1 aliphatic rings. The van der Waals surface area contributed by atoms with Crippen LogP contribution < -0.4 is 15.0 Å². The second-order valence-corrected chi connectivity index (χ2v) is 8.07. The Kier molecular flexibility index (Phi) is 5.80. The number of nitrogens with one attached hydrogen (secondary N) is 1. The van der Waals surface area contributed by atoms with Gasteiger partial charge < -0.3 is 9.64 Å². The van der Waals surface area contributed by atoms with E-state index in [0.29, 0.717) is 17.4 Å². The van der Waals surface area contributed by atoms with Crippen molar-refractivity contribution in [2.24, 2.45) is 0 Å². The SMILES string of the molecule is CCOc1ccc2nc(NC(=O)c3ccc(N4CCCCC4)c([N+](=O)[O-])c3)sc2c1. The molecule has 0 saturated carbocycles. The van der Waals surface area contributed by atoms with Gasteiger partial charge in [-0.25, -0.2) is 4.98 Å². The van der Waals surface area contributed by atoms with Crippen LogP contribution >= 0.6 is 11.3 Å². The predicted octanol–water partition coefficient (Wildman–Crippen LogP) is 4.85. The summed E-state index contributed by atoms with van der Waals surface area (Å²) in [5.41, 5.74) is 1.51. The van der Waals surface area contributed by atoms with E-state index in [2.05, 4.69) is 10.3 Å². The summed E-state index contributed by atoms with van der Waals surface area (Å²) < 4.78 is 6.39. The number of carbonyl (C=O) groups excluding carboxylic acids is 1. The highest BCUT2D eigenvalue weighted by Crippen LogP contribution is 2.33. The van der Waals surface area contributed by atoms with E-state index in [1.165, 1.54) is 17.4 Å². The van der Waals surface area contributed by atoms with Gasteiger partial charge in [-0.15, -0.1) is 0 Å². The fourth-order valence-electron chi connectivity index (χ4n) is 3.60. The number of aromatic nitrogens is 1. The summed E-state index contributed by atoms with van der Waals surface area (Å²) in [4.78, 5) is 30.4. The minimum atomic E-state index is -0.424. The number of nitro benzene ring substituents is 1. The monoisotopic (exact) mass is 426 g/mol. The molecule has 1 saturated heterocycles. The van der Waals surface area contributed by atoms with Gasteiger partial charge in [0, 0.05) is 24.7 Å². The second kappa shape index (κ2) is 8.66. The van der Waals surface area contributed by atoms with Crippen molar-refractivity contribution in [3.63, 3.8) is 0 Å². The number of amides is 1. The third-order valence-corrected chi connectivity index (χ3v) is 5.96. The fraction of sp³-hybridized carbons (Fsp3) is 0.333. The molecule has 156 valence electrons. The Labute approximate surface area is 177 Å². The normalized spacial score (nSPS) is 14.0. The number of anilines is 2. The molecule has 1 aromatic heterocycles. The van der Waals surface area contributed by atoms with E-state index in [9.17, 15) is 14.9 Å². The molecule has 1 N–H and O–H groups in total. The van der Waals surface area contributed by atoms with Crippen molar-refractivity contribution < 1.29 is 14.5 Å². The molecular weight excluding hydrogens is 404 g/mol. The van der Waals surface area contributed by atoms with Crippen molar-refractivity contribution in [3.8, 4) is 5.75 Å². The van der Waals surface area contributed by atoms with Gasteiger partial charge >= 0.3 is 0 Å². The number of hydrogen-bond donors (Lipinski definition) is 1. The largest absolute Gasteiger partial charge is 0.494 e. The van der Waals surface area contributed by atoms with Crippen LogP contribution in [0.3, 0.4) is 0 Å². The maximum absolute atomic E-state index is 12.7. The number of nitro groups is 1. The third kappa shape index (κ3) is 4.20. The van der Waals surface area contributed by atoms with Crippen molar-refractivity contribution in [1.29, 1.82) is 0 Å². The molecule has 0 atom stereocenters. The van der Waals surface area contributed by atoms with Crippen molar-refractivity contribution >= 4 is 44.0 Å². The quantitative estimate of drug-likeness (QED) is 0.447. The van der Waals surface area contributed by atoms with Gasteiger partial charge in [-0.1, -0.05) is 11.3 Å². The van der Waals surface area contributed by atoms with E-state index in [4.69, 9.17) is 4.74 Å². The smallest absolute Gasteiger partial charge is 0.293 e. The van der Waals surface area contributed by atoms with Gasteiger partial charge in [0.2, 0.25) is 0 Å². The zero-order valence-corrected chi connectivity index (χ0v) is 17.4. The van der Waals surface area contributed by atoms with Crippen LogP contribution in [0, 0.1) is 10.1 Å². The number of benzene rings is 2. The molecule has 2 heterocycles. The lowest BCUT2D eigenvalue weighted by Gasteiger charge is -2.28. The minimum Gasteiger partial charge on any atom is -0.494 e. The van der Waals surface area contributed by atoms with Crippen molar-refractivity contribution in [3.05, 3.63) is 52.1 Å². The van der Waals surface area contributed by atoms with Crippen molar-refractivity contribution in [1.82, 2.24) is 4.98 Å². The maximum atomic E-state index is 12.7. The Morgan fingerprint density at radius 3 is 2.77 bits per heavy atom. The lowest BCUT2D eigenvalue weighted by molar-refractivity contribution is -0.384. The number of carbonyl (C=O) groups is 1. The molecule has 1 amide bonds. The van der Waals surface area contributed by atoms with Crippen LogP contribution in [-0.2, 0) is 0 Å². The Morgan fingerprint density at radius 2 is 2.03 bits per heavy atom. The fourth-order valence-corrected chi connectivity index (χ4v) is 4.49. The van der Waals surface area contributed by atoms with Gasteiger partial charge in [0.15, 0.2) is 5.13 Å². The molecule has 1 fully saturated rings. The van der Waals surface area contributed by atoms with Gasteiger partial charge in [-0.2, -0.15) is 0 Å². The van der Waals surface area contributed by atoms with Crippen LogP contribution in [0.4, 0.5) is 16.5 Å². The number of nitrogens with zero attached hydrogens (tertiary/aromatic N) is 3. The van der Waals surface area contributed by atoms with Gasteiger partial charge in [-0.3, -0.25) is 20.2 Å². The molecule has 0 aliphatic carbocycles. The Bertz CT molecular complexity index is 1090. The molecule has 9 heteroatoms. The molecule has 3 aromatic rings. The summed E-state index contributed by atoms with van der Waals surface area (Å²) >= 11 is 1.33. The lowest BCUT2D eigenvalue weighted by atomic mass is 10.1. The maximum Gasteiger partial charge on any atom is 0.293 e. The average molecular weight is 426 g/mol. The van der Waals surface area contributed by atoms with Crippen LogP contribution in [0.2, 0.25) is 0 Å². The number of fused-ring (bicyclic) bond motifs is 1. The molecular formula is C21H22N4O4S. The van der Waals surface area contributed by atoms with Gasteiger partial charge in [0.05, 0.1) is 21.7 Å². The van der Waals surface area contributed by atoms with Crippen molar-refractivity contribution in [2.75, 3.05) is 29.9 Å². The minimum absolute atomic E-state index is 0.0461. The summed E-state index contributed by atoms with van der Waals surface area (Å²) in [7, 11) is 0. The van der Waals surface area contributed by atoms with Crippen LogP contribution in [-0.4, -0.2) is 35.5 Å². The lowest BCUT2D eigenvalue weighted by Crippen LogP contribution is -2.30. The second-order valence-electron chi connectivity index (χ2n) is 7.04. The first-order chi connectivity index (χ1) is 14.5. The van der Waals surface area contributed by atoms with E-state index in [1.54, 1.807) is 12.1 Å². The van der Waals surface area contributed by atoms with Gasteiger partial charge in [0.25, 0.3) is 11.6 Å². The standard InChI is InChI=1S/C21H22N4O4S/c1-2-29-15-7-8-16-19(13-15)30-21(22-16)23-20(26)14-6-9-17(18(12-14)25(27)28)24-10-4-3-5-11-24/h6-9,12-13H,2-5,10-11H2,1H3,(H,22,23,26). The summed E-state index contributed by atoms with van der Waals surface area (Å²) in [6, 6.07) is 10.2. The molecule has 1 aliphatic heterocycles. The number of piperidine rings is 1. The number of thiazole rings is 1. The molecule has 8 nitrogen and oxygen atoms in total. The number of hydrogen-bond acceptors (Lipinski definition) is 7. The highest BCUT2D eigenvalue weighted by molar-refractivity contribution is 7.22. The highest BCUT2D eigenvalue weighted by Gasteiger charge is 2.23. The van der Waals surface area contributed by atoms with Crippen molar-refractivity contribution in [2.45, 2.75) is 26.2 Å². The van der Waals surface area contributed by atoms with Gasteiger partial charge in [-0.05, 0) is 56.5 Å². The van der Waals surface area contributed by atoms with E-state index in [0.717, 1.165) is 48.3 Å². The summed E-state index contributed by atoms with van der Waals surface area (Å²) in [6.45, 7) is 4.07.